The van der Waals surface area contributed by atoms with Gasteiger partial charge in [-0.3, -0.25) is 14.6 Å². The second-order valence-corrected chi connectivity index (χ2v) is 5.37. The molecule has 10 nitrogen and oxygen atoms in total. The first-order valence-corrected chi connectivity index (χ1v) is 7.06. The molecule has 1 aromatic heterocycles. The van der Waals surface area contributed by atoms with E-state index < -0.39 is 55.8 Å². The van der Waals surface area contributed by atoms with Crippen LogP contribution in [0.1, 0.15) is 30.3 Å². The summed E-state index contributed by atoms with van der Waals surface area (Å²) in [5.74, 6) is 3.62. The highest BCUT2D eigenvalue weighted by Gasteiger charge is 2.44. The highest BCUT2D eigenvalue weighted by atomic mass is 16.5. The molecule has 0 aromatic carbocycles. The predicted molar refractivity (Wildman–Crippen MR) is 80.0 cm³/mol. The fourth-order valence-corrected chi connectivity index (χ4v) is 2.49. The van der Waals surface area contributed by atoms with Crippen molar-refractivity contribution in [1.29, 1.82) is 0 Å². The average Bonchev–Trinajstić information content (AvgIpc) is 2.64. The third-order valence-electron chi connectivity index (χ3n) is 3.85. The number of hydrogen-bond acceptors (Lipinski definition) is 9. The summed E-state index contributed by atoms with van der Waals surface area (Å²) in [6.45, 7) is -1.29. The van der Waals surface area contributed by atoms with E-state index in [4.69, 9.17) is 17.7 Å². The van der Waals surface area contributed by atoms with Crippen molar-refractivity contribution >= 4 is 11.8 Å². The molecule has 1 saturated heterocycles. The van der Waals surface area contributed by atoms with Gasteiger partial charge in [-0.1, -0.05) is 0 Å². The predicted octanol–water partition coefficient (Wildman–Crippen LogP) is -2.57. The summed E-state index contributed by atoms with van der Waals surface area (Å²) >= 11 is 0. The number of nitrogens with zero attached hydrogens (tertiary/aromatic N) is 2. The summed E-state index contributed by atoms with van der Waals surface area (Å²) in [6.07, 6.45) is -2.46. The number of hydrazine groups is 1. The molecule has 0 saturated carbocycles. The molecule has 2 rings (SSSR count). The maximum atomic E-state index is 12.4. The van der Waals surface area contributed by atoms with E-state index in [9.17, 15) is 24.9 Å². The molecule has 1 fully saturated rings. The summed E-state index contributed by atoms with van der Waals surface area (Å²) < 4.78 is 12.5. The van der Waals surface area contributed by atoms with E-state index in [0.717, 1.165) is 0 Å². The second-order valence-electron chi connectivity index (χ2n) is 5.37. The molecular formula is C14H20N4O6. The molecule has 1 aliphatic rings. The summed E-state index contributed by atoms with van der Waals surface area (Å²) in [6, 6.07) is 0.169. The van der Waals surface area contributed by atoms with E-state index in [0.29, 0.717) is 5.01 Å². The minimum atomic E-state index is -1.41. The van der Waals surface area contributed by atoms with Gasteiger partial charge in [-0.15, -0.1) is 0 Å². The van der Waals surface area contributed by atoms with Crippen molar-refractivity contribution in [2.45, 2.75) is 37.4 Å². The smallest absolute Gasteiger partial charge is 0.275 e. The van der Waals surface area contributed by atoms with Gasteiger partial charge in [0.1, 0.15) is 24.4 Å². The molecular weight excluding hydrogens is 320 g/mol. The minimum absolute atomic E-state index is 0.0555. The first-order chi connectivity index (χ1) is 11.8. The van der Waals surface area contributed by atoms with E-state index in [1.807, 2.05) is 0 Å². The number of rotatable bonds is 3. The average molecular weight is 341 g/mol. The molecule has 10 heteroatoms. The number of aromatic nitrogens is 1. The topological polar surface area (TPSA) is 172 Å². The number of carbonyl (C=O) groups excluding carboxylic acids is 2. The van der Waals surface area contributed by atoms with Gasteiger partial charge < -0.3 is 25.8 Å². The van der Waals surface area contributed by atoms with E-state index >= 15 is 0 Å². The number of imide groups is 1. The lowest BCUT2D eigenvalue weighted by atomic mass is 9.88. The fourth-order valence-electron chi connectivity index (χ4n) is 2.49. The van der Waals surface area contributed by atoms with Gasteiger partial charge in [-0.05, 0) is 6.07 Å². The van der Waals surface area contributed by atoms with Gasteiger partial charge in [-0.25, -0.2) is 10.9 Å². The quantitative estimate of drug-likeness (QED) is 0.225. The summed E-state index contributed by atoms with van der Waals surface area (Å²) in [7, 11) is 0. The Morgan fingerprint density at radius 1 is 1.46 bits per heavy atom. The van der Waals surface area contributed by atoms with Crippen LogP contribution in [0.3, 0.4) is 0 Å². The van der Waals surface area contributed by atoms with Gasteiger partial charge in [0, 0.05) is 26.2 Å². The van der Waals surface area contributed by atoms with Crippen LogP contribution >= 0.6 is 0 Å². The van der Waals surface area contributed by atoms with Crippen LogP contribution in [0.15, 0.2) is 18.5 Å². The molecule has 132 valence electrons. The lowest BCUT2D eigenvalue weighted by molar-refractivity contribution is -0.191. The Balaban J connectivity index is 2.40. The van der Waals surface area contributed by atoms with Crippen molar-refractivity contribution in [3.8, 4) is 0 Å². The molecule has 24 heavy (non-hydrogen) atoms. The SMILES string of the molecule is [2H]CC(=O)N(N)C(=O)c1ccncc1C1O[C@H](CO)[C@@H](O)[C@H](O)[C@H]1N. The van der Waals surface area contributed by atoms with Crippen molar-refractivity contribution in [2.75, 3.05) is 6.61 Å². The molecule has 1 aliphatic heterocycles. The zero-order valence-corrected chi connectivity index (χ0v) is 12.6. The van der Waals surface area contributed by atoms with Crippen LogP contribution in [0, 0.1) is 0 Å². The molecule has 7 N–H and O–H groups in total. The molecule has 0 bridgehead atoms. The summed E-state index contributed by atoms with van der Waals surface area (Å²) in [4.78, 5) is 27.8. The van der Waals surface area contributed by atoms with Crippen LogP contribution in [-0.2, 0) is 9.53 Å². The number of aliphatic hydroxyl groups excluding tert-OH is 3. The number of nitrogens with two attached hydrogens (primary N) is 2. The Bertz CT molecular complexity index is 646. The van der Waals surface area contributed by atoms with Gasteiger partial charge in [0.15, 0.2) is 0 Å². The van der Waals surface area contributed by atoms with Gasteiger partial charge in [0.05, 0.1) is 18.2 Å². The highest BCUT2D eigenvalue weighted by molar-refractivity contribution is 6.04. The van der Waals surface area contributed by atoms with Crippen molar-refractivity contribution in [3.05, 3.63) is 29.6 Å². The molecule has 2 heterocycles. The zero-order valence-electron chi connectivity index (χ0n) is 13.6. The van der Waals surface area contributed by atoms with Crippen LogP contribution in [-0.4, -0.2) is 68.1 Å². The molecule has 5 atom stereocenters. The first kappa shape index (κ1) is 16.9. The molecule has 0 aliphatic carbocycles. The number of carbonyl (C=O) groups is 2. The largest absolute Gasteiger partial charge is 0.394 e. The van der Waals surface area contributed by atoms with Gasteiger partial charge in [0.2, 0.25) is 5.91 Å². The van der Waals surface area contributed by atoms with Gasteiger partial charge >= 0.3 is 0 Å². The standard InChI is InChI=1S/C14H20N4O6/c1-6(20)18(16)14(23)7-2-3-17-4-8(7)13-10(15)12(22)11(21)9(5-19)24-13/h2-4,9-13,19,21-22H,5,15-16H2,1H3/t9-,10-,11-,12-,13?/m1/s1/i1D. The Labute approximate surface area is 139 Å². The Hall–Kier alpha value is -1.95. The summed E-state index contributed by atoms with van der Waals surface area (Å²) in [5, 5.41) is 29.5. The van der Waals surface area contributed by atoms with E-state index in [1.165, 1.54) is 18.5 Å². The third kappa shape index (κ3) is 3.29. The third-order valence-corrected chi connectivity index (χ3v) is 3.85. The lowest BCUT2D eigenvalue weighted by Crippen LogP contribution is -2.58. The highest BCUT2D eigenvalue weighted by Crippen LogP contribution is 2.32. The molecule has 2 amide bonds. The van der Waals surface area contributed by atoms with Crippen LogP contribution in [0.5, 0.6) is 0 Å². The van der Waals surface area contributed by atoms with Crippen LogP contribution < -0.4 is 11.6 Å². The van der Waals surface area contributed by atoms with E-state index in [-0.39, 0.29) is 11.1 Å². The van der Waals surface area contributed by atoms with E-state index in [1.54, 1.807) is 0 Å². The second kappa shape index (κ2) is 7.30. The Kier molecular flexibility index (Phi) is 5.14. The van der Waals surface area contributed by atoms with Crippen LogP contribution in [0.4, 0.5) is 0 Å². The maximum absolute atomic E-state index is 12.4. The van der Waals surface area contributed by atoms with E-state index in [2.05, 4.69) is 4.98 Å². The molecule has 1 unspecified atom stereocenters. The lowest BCUT2D eigenvalue weighted by Gasteiger charge is -2.41. The monoisotopic (exact) mass is 341 g/mol. The Morgan fingerprint density at radius 3 is 2.79 bits per heavy atom. The number of aliphatic hydroxyl groups is 3. The van der Waals surface area contributed by atoms with Crippen LogP contribution in [0.2, 0.25) is 0 Å². The molecule has 1 aromatic rings. The van der Waals surface area contributed by atoms with Crippen molar-refractivity contribution < 1.29 is 31.0 Å². The Morgan fingerprint density at radius 2 is 2.17 bits per heavy atom. The number of amides is 2. The number of pyridine rings is 1. The zero-order chi connectivity index (χ0) is 18.7. The van der Waals surface area contributed by atoms with Gasteiger partial charge in [0.25, 0.3) is 5.91 Å². The first-order valence-electron chi connectivity index (χ1n) is 7.77. The van der Waals surface area contributed by atoms with Crippen molar-refractivity contribution in [3.63, 3.8) is 0 Å². The normalized spacial score (nSPS) is 30.5. The number of ether oxygens (including phenoxy) is 1. The van der Waals surface area contributed by atoms with Crippen molar-refractivity contribution in [1.82, 2.24) is 9.99 Å². The maximum Gasteiger partial charge on any atom is 0.275 e. The fraction of sp³-hybridized carbons (Fsp3) is 0.500. The van der Waals surface area contributed by atoms with Crippen molar-refractivity contribution in [2.24, 2.45) is 11.6 Å². The summed E-state index contributed by atoms with van der Waals surface area (Å²) in [5.41, 5.74) is 5.98. The number of hydrogen-bond donors (Lipinski definition) is 5. The molecule has 0 spiro atoms. The molecule has 0 radical (unpaired) electrons. The van der Waals surface area contributed by atoms with Crippen LogP contribution in [0.25, 0.3) is 0 Å². The minimum Gasteiger partial charge on any atom is -0.394 e. The van der Waals surface area contributed by atoms with Gasteiger partial charge in [-0.2, -0.15) is 0 Å².